The number of nitrogens with zero attached hydrogens (tertiary/aromatic N) is 4. The van der Waals surface area contributed by atoms with Crippen molar-refractivity contribution in [2.75, 3.05) is 13.1 Å². The molecular formula is C19H24N4O2. The summed E-state index contributed by atoms with van der Waals surface area (Å²) in [6.45, 7) is 1.42. The maximum atomic E-state index is 12.8. The van der Waals surface area contributed by atoms with Crippen molar-refractivity contribution >= 4 is 5.91 Å². The van der Waals surface area contributed by atoms with Gasteiger partial charge in [0.25, 0.3) is 5.91 Å². The maximum Gasteiger partial charge on any atom is 0.292 e. The molecule has 2 aliphatic rings. The molecule has 2 fully saturated rings. The lowest BCUT2D eigenvalue weighted by molar-refractivity contribution is 0.0663. The van der Waals surface area contributed by atoms with Gasteiger partial charge in [0.15, 0.2) is 0 Å². The van der Waals surface area contributed by atoms with Gasteiger partial charge in [0.2, 0.25) is 5.76 Å². The first kappa shape index (κ1) is 16.2. The standard InChI is InChI=1S/C19H24N4O2/c24-19(18-11-16(22-25-18)14-5-2-1-3-6-14)23-10-4-7-15(13-23)17-12-20-8-9-21-17/h8-9,11-12,14-15H,1-7,10,13H2. The third kappa shape index (κ3) is 3.57. The van der Waals surface area contributed by atoms with Crippen LogP contribution >= 0.6 is 0 Å². The Balaban J connectivity index is 1.44. The molecule has 2 aromatic heterocycles. The van der Waals surface area contributed by atoms with Crippen LogP contribution in [0, 0.1) is 0 Å². The number of carbonyl (C=O) groups excluding carboxylic acids is 1. The Morgan fingerprint density at radius 1 is 1.04 bits per heavy atom. The maximum absolute atomic E-state index is 12.8. The molecule has 1 saturated heterocycles. The molecule has 0 radical (unpaired) electrons. The van der Waals surface area contributed by atoms with Crippen LogP contribution in [-0.4, -0.2) is 39.0 Å². The quantitative estimate of drug-likeness (QED) is 0.854. The van der Waals surface area contributed by atoms with E-state index in [1.54, 1.807) is 18.6 Å². The van der Waals surface area contributed by atoms with Gasteiger partial charge in [-0.3, -0.25) is 14.8 Å². The fourth-order valence-corrected chi connectivity index (χ4v) is 4.06. The summed E-state index contributed by atoms with van der Waals surface area (Å²) >= 11 is 0. The van der Waals surface area contributed by atoms with E-state index in [1.165, 1.54) is 19.3 Å². The summed E-state index contributed by atoms with van der Waals surface area (Å²) in [4.78, 5) is 23.2. The third-order valence-electron chi connectivity index (χ3n) is 5.47. The average Bonchev–Trinajstić information content (AvgIpc) is 3.19. The summed E-state index contributed by atoms with van der Waals surface area (Å²) in [6, 6.07) is 1.87. The van der Waals surface area contributed by atoms with Crippen molar-refractivity contribution in [3.8, 4) is 0 Å². The highest BCUT2D eigenvalue weighted by molar-refractivity contribution is 5.91. The molecule has 1 atom stereocenters. The second-order valence-electron chi connectivity index (χ2n) is 7.17. The van der Waals surface area contributed by atoms with E-state index in [1.807, 2.05) is 11.0 Å². The predicted molar refractivity (Wildman–Crippen MR) is 92.2 cm³/mol. The van der Waals surface area contributed by atoms with Gasteiger partial charge in [-0.05, 0) is 25.7 Å². The highest BCUT2D eigenvalue weighted by Crippen LogP contribution is 2.32. The molecular weight excluding hydrogens is 316 g/mol. The Kier molecular flexibility index (Phi) is 4.76. The molecule has 1 unspecified atom stereocenters. The first-order valence-electron chi connectivity index (χ1n) is 9.33. The molecule has 1 aliphatic heterocycles. The SMILES string of the molecule is O=C(c1cc(C2CCCCC2)no1)N1CCCC(c2cnccn2)C1. The first-order chi connectivity index (χ1) is 12.3. The van der Waals surface area contributed by atoms with Gasteiger partial charge in [-0.1, -0.05) is 24.4 Å². The molecule has 6 heteroatoms. The lowest BCUT2D eigenvalue weighted by atomic mass is 9.87. The second-order valence-corrected chi connectivity index (χ2v) is 7.17. The van der Waals surface area contributed by atoms with Gasteiger partial charge in [-0.25, -0.2) is 0 Å². The van der Waals surface area contributed by atoms with E-state index in [9.17, 15) is 4.79 Å². The molecule has 4 rings (SSSR count). The topological polar surface area (TPSA) is 72.1 Å². The molecule has 25 heavy (non-hydrogen) atoms. The summed E-state index contributed by atoms with van der Waals surface area (Å²) in [5, 5.41) is 4.19. The largest absolute Gasteiger partial charge is 0.351 e. The second kappa shape index (κ2) is 7.33. The number of carbonyl (C=O) groups is 1. The molecule has 0 bridgehead atoms. The summed E-state index contributed by atoms with van der Waals surface area (Å²) in [7, 11) is 0. The van der Waals surface area contributed by atoms with E-state index in [4.69, 9.17) is 4.52 Å². The first-order valence-corrected chi connectivity index (χ1v) is 9.33. The van der Waals surface area contributed by atoms with E-state index in [0.29, 0.717) is 18.2 Å². The van der Waals surface area contributed by atoms with E-state index in [0.717, 1.165) is 43.6 Å². The predicted octanol–water partition coefficient (Wildman–Crippen LogP) is 3.53. The number of hydrogen-bond acceptors (Lipinski definition) is 5. The monoisotopic (exact) mass is 340 g/mol. The zero-order valence-corrected chi connectivity index (χ0v) is 14.4. The van der Waals surface area contributed by atoms with Crippen LogP contribution in [0.3, 0.4) is 0 Å². The molecule has 0 aromatic carbocycles. The Bertz CT molecular complexity index is 709. The van der Waals surface area contributed by atoms with Crippen molar-refractivity contribution in [1.82, 2.24) is 20.0 Å². The van der Waals surface area contributed by atoms with E-state index < -0.39 is 0 Å². The van der Waals surface area contributed by atoms with Crippen LogP contribution < -0.4 is 0 Å². The van der Waals surface area contributed by atoms with Crippen LogP contribution in [0.25, 0.3) is 0 Å². The molecule has 1 aliphatic carbocycles. The lowest BCUT2D eigenvalue weighted by Gasteiger charge is -2.31. The minimum absolute atomic E-state index is 0.0526. The highest BCUT2D eigenvalue weighted by Gasteiger charge is 2.29. The van der Waals surface area contributed by atoms with Gasteiger partial charge in [0.1, 0.15) is 0 Å². The minimum Gasteiger partial charge on any atom is -0.351 e. The van der Waals surface area contributed by atoms with Crippen LogP contribution in [0.5, 0.6) is 0 Å². The molecule has 6 nitrogen and oxygen atoms in total. The molecule has 3 heterocycles. The Hall–Kier alpha value is -2.24. The van der Waals surface area contributed by atoms with Gasteiger partial charge in [-0.2, -0.15) is 0 Å². The van der Waals surface area contributed by atoms with E-state index >= 15 is 0 Å². The van der Waals surface area contributed by atoms with Crippen molar-refractivity contribution < 1.29 is 9.32 Å². The van der Waals surface area contributed by atoms with Crippen LogP contribution in [0.1, 0.15) is 78.7 Å². The molecule has 0 spiro atoms. The average molecular weight is 340 g/mol. The van der Waals surface area contributed by atoms with Gasteiger partial charge in [-0.15, -0.1) is 0 Å². The highest BCUT2D eigenvalue weighted by atomic mass is 16.5. The zero-order valence-electron chi connectivity index (χ0n) is 14.4. The Morgan fingerprint density at radius 2 is 1.88 bits per heavy atom. The van der Waals surface area contributed by atoms with Gasteiger partial charge in [0.05, 0.1) is 11.4 Å². The molecule has 132 valence electrons. The van der Waals surface area contributed by atoms with Crippen molar-refractivity contribution in [2.24, 2.45) is 0 Å². The van der Waals surface area contributed by atoms with Gasteiger partial charge in [0, 0.05) is 49.6 Å². The van der Waals surface area contributed by atoms with Gasteiger partial charge >= 0.3 is 0 Å². The summed E-state index contributed by atoms with van der Waals surface area (Å²) in [5.74, 6) is 1.02. The van der Waals surface area contributed by atoms with Crippen LogP contribution in [0.2, 0.25) is 0 Å². The minimum atomic E-state index is -0.0526. The van der Waals surface area contributed by atoms with Crippen molar-refractivity contribution in [3.05, 3.63) is 41.8 Å². The van der Waals surface area contributed by atoms with Crippen molar-refractivity contribution in [3.63, 3.8) is 0 Å². The van der Waals surface area contributed by atoms with Crippen LogP contribution in [-0.2, 0) is 0 Å². The molecule has 1 saturated carbocycles. The summed E-state index contributed by atoms with van der Waals surface area (Å²) < 4.78 is 5.40. The molecule has 2 aromatic rings. The summed E-state index contributed by atoms with van der Waals surface area (Å²) in [6.07, 6.45) is 13.3. The fourth-order valence-electron chi connectivity index (χ4n) is 4.06. The number of hydrogen-bond donors (Lipinski definition) is 0. The number of amides is 1. The zero-order chi connectivity index (χ0) is 17.1. The van der Waals surface area contributed by atoms with Gasteiger partial charge < -0.3 is 9.42 Å². The van der Waals surface area contributed by atoms with Crippen LogP contribution in [0.4, 0.5) is 0 Å². The number of likely N-dealkylation sites (tertiary alicyclic amines) is 1. The Labute approximate surface area is 147 Å². The fraction of sp³-hybridized carbons (Fsp3) is 0.579. The molecule has 1 amide bonds. The third-order valence-corrected chi connectivity index (χ3v) is 5.47. The van der Waals surface area contributed by atoms with Crippen molar-refractivity contribution in [1.29, 1.82) is 0 Å². The van der Waals surface area contributed by atoms with E-state index in [-0.39, 0.29) is 11.8 Å². The van der Waals surface area contributed by atoms with E-state index in [2.05, 4.69) is 15.1 Å². The number of rotatable bonds is 3. The number of piperidine rings is 1. The summed E-state index contributed by atoms with van der Waals surface area (Å²) in [5.41, 5.74) is 1.91. The van der Waals surface area contributed by atoms with Crippen LogP contribution in [0.15, 0.2) is 29.2 Å². The smallest absolute Gasteiger partial charge is 0.292 e. The number of aromatic nitrogens is 3. The Morgan fingerprint density at radius 3 is 2.68 bits per heavy atom. The molecule has 0 N–H and O–H groups in total. The van der Waals surface area contributed by atoms with Crippen molar-refractivity contribution in [2.45, 2.75) is 56.8 Å². The lowest BCUT2D eigenvalue weighted by Crippen LogP contribution is -2.39. The normalized spacial score (nSPS) is 22.1.